The van der Waals surface area contributed by atoms with E-state index < -0.39 is 0 Å². The summed E-state index contributed by atoms with van der Waals surface area (Å²) in [5.74, 6) is 0.730. The van der Waals surface area contributed by atoms with Gasteiger partial charge in [0.1, 0.15) is 5.75 Å². The second-order valence-electron chi connectivity index (χ2n) is 5.93. The molecule has 1 fully saturated rings. The molecule has 0 bridgehead atoms. The summed E-state index contributed by atoms with van der Waals surface area (Å²) in [7, 11) is 3.40. The number of likely N-dealkylation sites (N-methyl/N-ethyl adjacent to an activating group) is 1. The van der Waals surface area contributed by atoms with E-state index in [9.17, 15) is 9.59 Å². The number of nitrogens with zero attached hydrogens (tertiary/aromatic N) is 2. The molecule has 2 N–H and O–H groups in total. The highest BCUT2D eigenvalue weighted by Gasteiger charge is 2.18. The first-order valence-electron chi connectivity index (χ1n) is 8.15. The van der Waals surface area contributed by atoms with Crippen LogP contribution in [0.3, 0.4) is 0 Å². The molecule has 1 heterocycles. The molecule has 2 amide bonds. The first kappa shape index (κ1) is 18.2. The standard InChI is InChI=1S/C17H26N4O3/c1-20(13-17(23)21-8-6-18-7-9-21)12-16(22)19-11-14-4-3-5-15(10-14)24-2/h3-5,10,18H,6-9,11-13H2,1-2H3,(H,19,22). The van der Waals surface area contributed by atoms with Crippen molar-refractivity contribution in [2.75, 3.05) is 53.4 Å². The average molecular weight is 334 g/mol. The van der Waals surface area contributed by atoms with Crippen LogP contribution in [0.4, 0.5) is 0 Å². The summed E-state index contributed by atoms with van der Waals surface area (Å²) in [6.07, 6.45) is 0. The first-order valence-corrected chi connectivity index (χ1v) is 8.15. The Morgan fingerprint density at radius 1 is 1.29 bits per heavy atom. The van der Waals surface area contributed by atoms with Crippen molar-refractivity contribution in [2.24, 2.45) is 0 Å². The van der Waals surface area contributed by atoms with Crippen LogP contribution < -0.4 is 15.4 Å². The fourth-order valence-electron chi connectivity index (χ4n) is 2.59. The molecule has 132 valence electrons. The summed E-state index contributed by atoms with van der Waals surface area (Å²) in [5.41, 5.74) is 0.974. The number of carbonyl (C=O) groups is 2. The van der Waals surface area contributed by atoms with Crippen molar-refractivity contribution in [3.8, 4) is 5.75 Å². The molecule has 0 aromatic heterocycles. The van der Waals surface area contributed by atoms with Gasteiger partial charge in [0, 0.05) is 32.7 Å². The summed E-state index contributed by atoms with van der Waals surface area (Å²) < 4.78 is 5.16. The van der Waals surface area contributed by atoms with E-state index in [-0.39, 0.29) is 24.9 Å². The molecule has 1 aliphatic heterocycles. The molecular formula is C17H26N4O3. The third-order valence-corrected chi connectivity index (χ3v) is 3.91. The second-order valence-corrected chi connectivity index (χ2v) is 5.93. The topological polar surface area (TPSA) is 73.9 Å². The molecule has 24 heavy (non-hydrogen) atoms. The van der Waals surface area contributed by atoms with Crippen molar-refractivity contribution in [3.63, 3.8) is 0 Å². The number of ether oxygens (including phenoxy) is 1. The number of carbonyl (C=O) groups excluding carboxylic acids is 2. The predicted octanol–water partition coefficient (Wildman–Crippen LogP) is -0.325. The van der Waals surface area contributed by atoms with Gasteiger partial charge in [-0.2, -0.15) is 0 Å². The van der Waals surface area contributed by atoms with E-state index in [2.05, 4.69) is 10.6 Å². The largest absolute Gasteiger partial charge is 0.497 e. The van der Waals surface area contributed by atoms with Crippen LogP contribution in [0.2, 0.25) is 0 Å². The Morgan fingerprint density at radius 2 is 2.04 bits per heavy atom. The number of hydrogen-bond acceptors (Lipinski definition) is 5. The van der Waals surface area contributed by atoms with E-state index in [0.717, 1.165) is 37.5 Å². The van der Waals surface area contributed by atoms with Gasteiger partial charge in [-0.25, -0.2) is 0 Å². The molecule has 7 nitrogen and oxygen atoms in total. The predicted molar refractivity (Wildman–Crippen MR) is 91.8 cm³/mol. The molecular weight excluding hydrogens is 308 g/mol. The highest BCUT2D eigenvalue weighted by Crippen LogP contribution is 2.12. The van der Waals surface area contributed by atoms with E-state index in [1.165, 1.54) is 0 Å². The summed E-state index contributed by atoms with van der Waals surface area (Å²) in [6.45, 7) is 4.01. The van der Waals surface area contributed by atoms with Gasteiger partial charge in [0.2, 0.25) is 11.8 Å². The van der Waals surface area contributed by atoms with Crippen LogP contribution in [0.1, 0.15) is 5.56 Å². The molecule has 0 unspecified atom stereocenters. The normalized spacial score (nSPS) is 14.5. The van der Waals surface area contributed by atoms with Gasteiger partial charge >= 0.3 is 0 Å². The lowest BCUT2D eigenvalue weighted by atomic mass is 10.2. The second kappa shape index (κ2) is 9.24. The van der Waals surface area contributed by atoms with Gasteiger partial charge in [0.15, 0.2) is 0 Å². The first-order chi connectivity index (χ1) is 11.6. The fourth-order valence-corrected chi connectivity index (χ4v) is 2.59. The van der Waals surface area contributed by atoms with Crippen LogP contribution in [0.5, 0.6) is 5.75 Å². The quantitative estimate of drug-likeness (QED) is 0.715. The minimum atomic E-state index is -0.103. The van der Waals surface area contributed by atoms with Crippen LogP contribution >= 0.6 is 0 Å². The Labute approximate surface area is 142 Å². The third-order valence-electron chi connectivity index (χ3n) is 3.91. The van der Waals surface area contributed by atoms with Crippen LogP contribution in [0.15, 0.2) is 24.3 Å². The highest BCUT2D eigenvalue weighted by molar-refractivity contribution is 5.81. The molecule has 0 aliphatic carbocycles. The van der Waals surface area contributed by atoms with Gasteiger partial charge in [-0.05, 0) is 24.7 Å². The minimum absolute atomic E-state index is 0.0691. The van der Waals surface area contributed by atoms with Gasteiger partial charge in [-0.3, -0.25) is 14.5 Å². The third kappa shape index (κ3) is 5.82. The molecule has 0 atom stereocenters. The molecule has 7 heteroatoms. The maximum absolute atomic E-state index is 12.2. The van der Waals surface area contributed by atoms with Gasteiger partial charge in [0.25, 0.3) is 0 Å². The van der Waals surface area contributed by atoms with Crippen molar-refractivity contribution < 1.29 is 14.3 Å². The molecule has 0 radical (unpaired) electrons. The van der Waals surface area contributed by atoms with E-state index in [1.807, 2.05) is 29.2 Å². The maximum Gasteiger partial charge on any atom is 0.236 e. The summed E-state index contributed by atoms with van der Waals surface area (Å²) >= 11 is 0. The summed E-state index contributed by atoms with van der Waals surface area (Å²) in [5, 5.41) is 6.08. The number of rotatable bonds is 7. The molecule has 0 spiro atoms. The average Bonchev–Trinajstić information content (AvgIpc) is 2.60. The SMILES string of the molecule is COc1cccc(CNC(=O)CN(C)CC(=O)N2CCNCC2)c1. The zero-order valence-electron chi connectivity index (χ0n) is 14.4. The lowest BCUT2D eigenvalue weighted by molar-refractivity contribution is -0.133. The van der Waals surface area contributed by atoms with Crippen LogP contribution in [0.25, 0.3) is 0 Å². The fraction of sp³-hybridized carbons (Fsp3) is 0.529. The number of methoxy groups -OCH3 is 1. The van der Waals surface area contributed by atoms with Crippen LogP contribution in [-0.4, -0.2) is 75.0 Å². The van der Waals surface area contributed by atoms with Crippen LogP contribution in [-0.2, 0) is 16.1 Å². The van der Waals surface area contributed by atoms with E-state index in [4.69, 9.17) is 4.74 Å². The number of amides is 2. The van der Waals surface area contributed by atoms with Crippen molar-refractivity contribution >= 4 is 11.8 Å². The monoisotopic (exact) mass is 334 g/mol. The summed E-state index contributed by atoms with van der Waals surface area (Å²) in [4.78, 5) is 27.7. The van der Waals surface area contributed by atoms with Gasteiger partial charge in [-0.15, -0.1) is 0 Å². The number of hydrogen-bond donors (Lipinski definition) is 2. The Bertz CT molecular complexity index is 559. The molecule has 1 saturated heterocycles. The Balaban J connectivity index is 1.71. The molecule has 2 rings (SSSR count). The Hall–Kier alpha value is -2.12. The molecule has 0 saturated carbocycles. The van der Waals surface area contributed by atoms with Gasteiger partial charge < -0.3 is 20.3 Å². The molecule has 1 aromatic rings. The van der Waals surface area contributed by atoms with Gasteiger partial charge in [-0.1, -0.05) is 12.1 Å². The number of benzene rings is 1. The summed E-state index contributed by atoms with van der Waals surface area (Å²) in [6, 6.07) is 7.57. The van der Waals surface area contributed by atoms with E-state index in [1.54, 1.807) is 19.1 Å². The minimum Gasteiger partial charge on any atom is -0.497 e. The zero-order valence-corrected chi connectivity index (χ0v) is 14.4. The van der Waals surface area contributed by atoms with E-state index in [0.29, 0.717) is 6.54 Å². The van der Waals surface area contributed by atoms with Gasteiger partial charge in [0.05, 0.1) is 20.2 Å². The maximum atomic E-state index is 12.2. The lowest BCUT2D eigenvalue weighted by Crippen LogP contribution is -2.50. The van der Waals surface area contributed by atoms with Crippen LogP contribution in [0, 0.1) is 0 Å². The smallest absolute Gasteiger partial charge is 0.236 e. The van der Waals surface area contributed by atoms with Crippen molar-refractivity contribution in [1.29, 1.82) is 0 Å². The number of nitrogens with one attached hydrogen (secondary N) is 2. The Morgan fingerprint density at radius 3 is 2.75 bits per heavy atom. The lowest BCUT2D eigenvalue weighted by Gasteiger charge is -2.29. The number of piperazine rings is 1. The molecule has 1 aliphatic rings. The van der Waals surface area contributed by atoms with Crippen molar-refractivity contribution in [1.82, 2.24) is 20.4 Å². The van der Waals surface area contributed by atoms with E-state index >= 15 is 0 Å². The Kier molecular flexibility index (Phi) is 7.02. The highest BCUT2D eigenvalue weighted by atomic mass is 16.5. The van der Waals surface area contributed by atoms with Crippen molar-refractivity contribution in [2.45, 2.75) is 6.54 Å². The van der Waals surface area contributed by atoms with Crippen molar-refractivity contribution in [3.05, 3.63) is 29.8 Å². The molecule has 1 aromatic carbocycles. The zero-order chi connectivity index (χ0) is 17.4.